The third kappa shape index (κ3) is 4.84. The molecule has 34 heavy (non-hydrogen) atoms. The Bertz CT molecular complexity index is 1080. The average Bonchev–Trinajstić information content (AvgIpc) is 3.50. The number of methoxy groups -OCH3 is 1. The van der Waals surface area contributed by atoms with Gasteiger partial charge < -0.3 is 20.0 Å². The van der Waals surface area contributed by atoms with Crippen LogP contribution in [0.25, 0.3) is 0 Å². The van der Waals surface area contributed by atoms with E-state index in [1.54, 1.807) is 18.9 Å². The number of ether oxygens (including phenoxy) is 1. The van der Waals surface area contributed by atoms with Crippen LogP contribution < -0.4 is 20.9 Å². The number of amides is 1. The van der Waals surface area contributed by atoms with E-state index in [4.69, 9.17) is 4.74 Å². The molecule has 2 aromatic rings. The third-order valence-corrected chi connectivity index (χ3v) is 7.91. The zero-order valence-electron chi connectivity index (χ0n) is 19.1. The zero-order chi connectivity index (χ0) is 23.5. The van der Waals surface area contributed by atoms with Gasteiger partial charge in [-0.3, -0.25) is 10.2 Å². The number of hydrogen-bond acceptors (Lipinski definition) is 9. The Balaban J connectivity index is 1.12. The van der Waals surface area contributed by atoms with Gasteiger partial charge in [-0.2, -0.15) is 5.10 Å². The van der Waals surface area contributed by atoms with Crippen molar-refractivity contribution < 1.29 is 9.53 Å². The molecule has 1 fully saturated rings. The molecule has 0 bridgehead atoms. The van der Waals surface area contributed by atoms with Gasteiger partial charge in [0.2, 0.25) is 5.91 Å². The minimum Gasteiger partial charge on any atom is -0.497 e. The van der Waals surface area contributed by atoms with E-state index in [1.165, 1.54) is 22.2 Å². The number of hydrazine groups is 1. The highest BCUT2D eigenvalue weighted by atomic mass is 32.2. The van der Waals surface area contributed by atoms with Crippen LogP contribution in [0.15, 0.2) is 70.9 Å². The van der Waals surface area contributed by atoms with Crippen molar-refractivity contribution in [1.82, 2.24) is 26.1 Å². The van der Waals surface area contributed by atoms with Crippen molar-refractivity contribution in [1.29, 1.82) is 0 Å². The molecule has 3 unspecified atom stereocenters. The molecule has 178 valence electrons. The lowest BCUT2D eigenvalue weighted by Gasteiger charge is -2.36. The second-order valence-electron chi connectivity index (χ2n) is 8.25. The van der Waals surface area contributed by atoms with Gasteiger partial charge in [0, 0.05) is 23.8 Å². The number of thioether (sulfide) groups is 2. The number of hydrazone groups is 1. The molecule has 3 heterocycles. The Labute approximate surface area is 208 Å². The summed E-state index contributed by atoms with van der Waals surface area (Å²) in [6, 6.07) is 16.9. The predicted octanol–water partition coefficient (Wildman–Crippen LogP) is 3.07. The predicted molar refractivity (Wildman–Crippen MR) is 137 cm³/mol. The van der Waals surface area contributed by atoms with Crippen LogP contribution in [0.4, 0.5) is 0 Å². The molecule has 2 aromatic carbocycles. The van der Waals surface area contributed by atoms with Crippen molar-refractivity contribution in [3.63, 3.8) is 0 Å². The van der Waals surface area contributed by atoms with Gasteiger partial charge >= 0.3 is 0 Å². The molecule has 1 amide bonds. The summed E-state index contributed by atoms with van der Waals surface area (Å²) in [6.07, 6.45) is 7.08. The summed E-state index contributed by atoms with van der Waals surface area (Å²) in [5, 5.41) is 10.5. The first-order chi connectivity index (χ1) is 16.6. The third-order valence-electron chi connectivity index (χ3n) is 6.20. The average molecular weight is 497 g/mol. The first-order valence-corrected chi connectivity index (χ1v) is 13.4. The SMILES string of the molecule is COc1ccc(C2CC3C4NN=C(SCC(=O)NCc5ccc(SC)cc5)N4C=CN3N2)cc1. The van der Waals surface area contributed by atoms with E-state index in [-0.39, 0.29) is 24.2 Å². The second kappa shape index (κ2) is 10.2. The maximum Gasteiger partial charge on any atom is 0.230 e. The molecule has 0 radical (unpaired) electrons. The molecule has 3 aliphatic heterocycles. The van der Waals surface area contributed by atoms with E-state index in [0.29, 0.717) is 12.3 Å². The summed E-state index contributed by atoms with van der Waals surface area (Å²) in [5.41, 5.74) is 9.17. The summed E-state index contributed by atoms with van der Waals surface area (Å²) in [6.45, 7) is 0.528. The highest BCUT2D eigenvalue weighted by Crippen LogP contribution is 2.35. The van der Waals surface area contributed by atoms with Crippen molar-refractivity contribution >= 4 is 34.6 Å². The van der Waals surface area contributed by atoms with Gasteiger partial charge in [0.15, 0.2) is 5.17 Å². The molecule has 5 rings (SSSR count). The summed E-state index contributed by atoms with van der Waals surface area (Å²) < 4.78 is 5.28. The summed E-state index contributed by atoms with van der Waals surface area (Å²) in [4.78, 5) is 15.7. The lowest BCUT2D eigenvalue weighted by molar-refractivity contribution is -0.118. The van der Waals surface area contributed by atoms with Gasteiger partial charge in [-0.15, -0.1) is 11.8 Å². The molecule has 0 aliphatic carbocycles. The molecular formula is C24H28N6O2S2. The Hall–Kier alpha value is -2.82. The molecule has 0 saturated carbocycles. The molecule has 0 aromatic heterocycles. The van der Waals surface area contributed by atoms with Crippen molar-refractivity contribution in [2.45, 2.75) is 36.1 Å². The number of nitrogens with zero attached hydrogens (tertiary/aromatic N) is 3. The number of amidine groups is 1. The quantitative estimate of drug-likeness (QED) is 0.505. The lowest BCUT2D eigenvalue weighted by Crippen LogP contribution is -2.54. The van der Waals surface area contributed by atoms with Crippen LogP contribution in [-0.4, -0.2) is 52.3 Å². The summed E-state index contributed by atoms with van der Waals surface area (Å²) >= 11 is 3.16. The standard InChI is InChI=1S/C24H28N6O2S2/c1-32-18-7-5-17(6-8-18)20-13-21-23-26-27-24(29(23)11-12-30(21)28-20)34-15-22(31)25-14-16-3-9-19(33-2)10-4-16/h3-12,20-21,23,26,28H,13-15H2,1-2H3,(H,25,31). The van der Waals surface area contributed by atoms with Crippen molar-refractivity contribution in [2.24, 2.45) is 5.10 Å². The Morgan fingerprint density at radius 1 is 1.18 bits per heavy atom. The molecule has 0 spiro atoms. The number of rotatable bonds is 7. The zero-order valence-corrected chi connectivity index (χ0v) is 20.7. The smallest absolute Gasteiger partial charge is 0.230 e. The monoisotopic (exact) mass is 496 g/mol. The van der Waals surface area contributed by atoms with Crippen LogP contribution in [0, 0.1) is 0 Å². The topological polar surface area (TPSA) is 81.2 Å². The van der Waals surface area contributed by atoms with Crippen molar-refractivity contribution in [3.8, 4) is 5.75 Å². The minimum atomic E-state index is -0.00480. The van der Waals surface area contributed by atoms with Gasteiger partial charge in [0.05, 0.1) is 24.9 Å². The molecular weight excluding hydrogens is 468 g/mol. The Morgan fingerprint density at radius 2 is 1.97 bits per heavy atom. The van der Waals surface area contributed by atoms with Crippen LogP contribution in [0.2, 0.25) is 0 Å². The first-order valence-electron chi connectivity index (χ1n) is 11.2. The van der Waals surface area contributed by atoms with Gasteiger partial charge in [-0.05, 0) is 48.1 Å². The lowest BCUT2D eigenvalue weighted by atomic mass is 10.00. The Morgan fingerprint density at radius 3 is 2.71 bits per heavy atom. The molecule has 1 saturated heterocycles. The van der Waals surface area contributed by atoms with Gasteiger partial charge in [-0.1, -0.05) is 36.0 Å². The fourth-order valence-electron chi connectivity index (χ4n) is 4.33. The van der Waals surface area contributed by atoms with E-state index in [1.807, 2.05) is 36.7 Å². The molecule has 3 aliphatic rings. The summed E-state index contributed by atoms with van der Waals surface area (Å²) in [7, 11) is 1.68. The normalized spacial score (nSPS) is 22.6. The van der Waals surface area contributed by atoms with Gasteiger partial charge in [0.25, 0.3) is 0 Å². The van der Waals surface area contributed by atoms with Crippen molar-refractivity contribution in [3.05, 3.63) is 72.1 Å². The number of hydrogen-bond donors (Lipinski definition) is 3. The van der Waals surface area contributed by atoms with Crippen LogP contribution in [-0.2, 0) is 11.3 Å². The first kappa shape index (κ1) is 22.9. The van der Waals surface area contributed by atoms with E-state index in [9.17, 15) is 4.79 Å². The van der Waals surface area contributed by atoms with Gasteiger partial charge in [0.1, 0.15) is 11.9 Å². The van der Waals surface area contributed by atoms with E-state index < -0.39 is 0 Å². The Kier molecular flexibility index (Phi) is 6.89. The molecule has 10 heteroatoms. The summed E-state index contributed by atoms with van der Waals surface area (Å²) in [5.74, 6) is 1.17. The van der Waals surface area contributed by atoms with Crippen molar-refractivity contribution in [2.75, 3.05) is 19.1 Å². The van der Waals surface area contributed by atoms with Crippen LogP contribution >= 0.6 is 23.5 Å². The van der Waals surface area contributed by atoms with E-state index in [2.05, 4.69) is 61.7 Å². The number of benzene rings is 2. The number of carbonyl (C=O) groups excluding carboxylic acids is 1. The number of fused-ring (bicyclic) bond motifs is 3. The fourth-order valence-corrected chi connectivity index (χ4v) is 5.54. The van der Waals surface area contributed by atoms with Crippen LogP contribution in [0.3, 0.4) is 0 Å². The van der Waals surface area contributed by atoms with E-state index in [0.717, 1.165) is 22.9 Å². The molecule has 3 N–H and O–H groups in total. The number of carbonyl (C=O) groups is 1. The van der Waals surface area contributed by atoms with E-state index >= 15 is 0 Å². The fraction of sp³-hybridized carbons (Fsp3) is 0.333. The highest BCUT2D eigenvalue weighted by Gasteiger charge is 2.44. The minimum absolute atomic E-state index is 0.00480. The van der Waals surface area contributed by atoms with Crippen LogP contribution in [0.1, 0.15) is 23.6 Å². The largest absolute Gasteiger partial charge is 0.497 e. The maximum atomic E-state index is 12.4. The van der Waals surface area contributed by atoms with Gasteiger partial charge in [-0.25, -0.2) is 5.43 Å². The maximum absolute atomic E-state index is 12.4. The second-order valence-corrected chi connectivity index (χ2v) is 10.1. The van der Waals surface area contributed by atoms with Crippen LogP contribution in [0.5, 0.6) is 5.75 Å². The molecule has 8 nitrogen and oxygen atoms in total. The number of nitrogens with one attached hydrogen (secondary N) is 3. The molecule has 3 atom stereocenters. The highest BCUT2D eigenvalue weighted by molar-refractivity contribution is 8.14.